The molecule has 0 aliphatic rings. The quantitative estimate of drug-likeness (QED) is 0.304. The second kappa shape index (κ2) is 7.96. The molecule has 0 radical (unpaired) electrons. The van der Waals surface area contributed by atoms with Crippen molar-refractivity contribution in [1.29, 1.82) is 5.26 Å². The van der Waals surface area contributed by atoms with Gasteiger partial charge in [0.1, 0.15) is 17.4 Å². The monoisotopic (exact) mass is 402 g/mol. The highest BCUT2D eigenvalue weighted by Crippen LogP contribution is 2.23. The van der Waals surface area contributed by atoms with E-state index in [1.807, 2.05) is 18.2 Å². The number of nitrogens with one attached hydrogen (secondary N) is 1. The summed E-state index contributed by atoms with van der Waals surface area (Å²) in [7, 11) is 1.59. The van der Waals surface area contributed by atoms with Gasteiger partial charge in [0.05, 0.1) is 24.1 Å². The first-order chi connectivity index (χ1) is 14.2. The molecular weight excluding hydrogens is 388 g/mol. The molecule has 4 rings (SSSR count). The Balaban J connectivity index is 1.62. The summed E-state index contributed by atoms with van der Waals surface area (Å²) in [5.74, 6) is 0.721. The van der Waals surface area contributed by atoms with E-state index in [0.717, 1.165) is 11.1 Å². The average molecular weight is 402 g/mol. The molecule has 142 valence electrons. The van der Waals surface area contributed by atoms with Gasteiger partial charge in [0, 0.05) is 10.8 Å². The number of fused-ring (bicyclic) bond motifs is 1. The average Bonchev–Trinajstić information content (AvgIpc) is 3.24. The first-order valence-electron chi connectivity index (χ1n) is 8.55. The summed E-state index contributed by atoms with van der Waals surface area (Å²) in [6.45, 7) is 0. The summed E-state index contributed by atoms with van der Waals surface area (Å²) in [5, 5.41) is 16.5. The largest absolute Gasteiger partial charge is 0.497 e. The summed E-state index contributed by atoms with van der Waals surface area (Å²) in [5.41, 5.74) is 4.45. The highest BCUT2D eigenvalue weighted by atomic mass is 32.1. The number of thiazole rings is 1. The number of anilines is 1. The van der Waals surface area contributed by atoms with Crippen LogP contribution in [0.25, 0.3) is 22.2 Å². The lowest BCUT2D eigenvalue weighted by molar-refractivity contribution is 0.415. The van der Waals surface area contributed by atoms with Crippen molar-refractivity contribution in [3.63, 3.8) is 0 Å². The van der Waals surface area contributed by atoms with E-state index in [1.165, 1.54) is 11.3 Å². The number of nitrogens with zero attached hydrogens (tertiary/aromatic N) is 3. The fourth-order valence-electron chi connectivity index (χ4n) is 2.65. The molecule has 0 saturated carbocycles. The molecule has 7 nitrogen and oxygen atoms in total. The van der Waals surface area contributed by atoms with E-state index in [-0.39, 0.29) is 5.71 Å². The molecular formula is C21H14N4O3S. The molecule has 2 aromatic carbocycles. The molecule has 2 heterocycles. The molecule has 29 heavy (non-hydrogen) atoms. The van der Waals surface area contributed by atoms with Crippen LogP contribution in [0.15, 0.2) is 74.3 Å². The molecule has 2 aromatic heterocycles. The van der Waals surface area contributed by atoms with Crippen molar-refractivity contribution in [2.24, 2.45) is 5.10 Å². The van der Waals surface area contributed by atoms with Gasteiger partial charge in [0.15, 0.2) is 10.7 Å². The van der Waals surface area contributed by atoms with Gasteiger partial charge in [-0.1, -0.05) is 18.2 Å². The lowest BCUT2D eigenvalue weighted by Gasteiger charge is -2.02. The van der Waals surface area contributed by atoms with Crippen molar-refractivity contribution in [2.45, 2.75) is 0 Å². The third-order valence-electron chi connectivity index (χ3n) is 4.12. The predicted molar refractivity (Wildman–Crippen MR) is 112 cm³/mol. The topological polar surface area (TPSA) is 101 Å². The van der Waals surface area contributed by atoms with Crippen LogP contribution in [-0.4, -0.2) is 17.8 Å². The zero-order chi connectivity index (χ0) is 20.2. The van der Waals surface area contributed by atoms with E-state index in [2.05, 4.69) is 15.5 Å². The Bertz CT molecular complexity index is 1300. The Labute approximate surface area is 169 Å². The SMILES string of the molecule is COc1ccc(N/N=C(\C#N)c2nc(-c3cc4ccccc4oc3=O)cs2)cc1. The fourth-order valence-corrected chi connectivity index (χ4v) is 3.41. The van der Waals surface area contributed by atoms with E-state index in [0.29, 0.717) is 27.5 Å². The second-order valence-electron chi connectivity index (χ2n) is 5.94. The highest BCUT2D eigenvalue weighted by molar-refractivity contribution is 7.12. The van der Waals surface area contributed by atoms with Crippen LogP contribution in [0.2, 0.25) is 0 Å². The third-order valence-corrected chi connectivity index (χ3v) is 4.97. The van der Waals surface area contributed by atoms with Crippen LogP contribution in [0.3, 0.4) is 0 Å². The number of benzene rings is 2. The molecule has 0 fully saturated rings. The first-order valence-corrected chi connectivity index (χ1v) is 9.43. The maximum Gasteiger partial charge on any atom is 0.345 e. The fraction of sp³-hybridized carbons (Fsp3) is 0.0476. The van der Waals surface area contributed by atoms with Crippen LogP contribution in [-0.2, 0) is 0 Å². The minimum absolute atomic E-state index is 0.113. The summed E-state index contributed by atoms with van der Waals surface area (Å²) >= 11 is 1.23. The van der Waals surface area contributed by atoms with Crippen molar-refractivity contribution in [3.05, 3.63) is 75.4 Å². The minimum Gasteiger partial charge on any atom is -0.497 e. The van der Waals surface area contributed by atoms with Crippen molar-refractivity contribution >= 4 is 33.7 Å². The van der Waals surface area contributed by atoms with Gasteiger partial charge in [-0.25, -0.2) is 9.78 Å². The minimum atomic E-state index is -0.479. The normalized spacial score (nSPS) is 11.2. The van der Waals surface area contributed by atoms with Gasteiger partial charge < -0.3 is 9.15 Å². The Morgan fingerprint density at radius 1 is 1.24 bits per heavy atom. The number of ether oxygens (including phenoxy) is 1. The molecule has 0 saturated heterocycles. The van der Waals surface area contributed by atoms with Crippen LogP contribution in [0.5, 0.6) is 5.75 Å². The number of hydrogen-bond acceptors (Lipinski definition) is 8. The predicted octanol–water partition coefficient (Wildman–Crippen LogP) is 4.26. The Kier molecular flexibility index (Phi) is 5.05. The molecule has 0 unspecified atom stereocenters. The zero-order valence-corrected chi connectivity index (χ0v) is 16.1. The summed E-state index contributed by atoms with van der Waals surface area (Å²) in [4.78, 5) is 16.7. The smallest absolute Gasteiger partial charge is 0.345 e. The molecule has 0 bridgehead atoms. The number of nitriles is 1. The number of para-hydroxylation sites is 1. The van der Waals surface area contributed by atoms with Crippen LogP contribution in [0, 0.1) is 11.3 Å². The van der Waals surface area contributed by atoms with Crippen LogP contribution in [0.4, 0.5) is 5.69 Å². The van der Waals surface area contributed by atoms with Gasteiger partial charge in [-0.15, -0.1) is 11.3 Å². The maximum absolute atomic E-state index is 12.3. The number of rotatable bonds is 5. The number of hydrazone groups is 1. The van der Waals surface area contributed by atoms with Crippen molar-refractivity contribution in [2.75, 3.05) is 12.5 Å². The van der Waals surface area contributed by atoms with Gasteiger partial charge in [-0.2, -0.15) is 10.4 Å². The molecule has 4 aromatic rings. The number of aromatic nitrogens is 1. The van der Waals surface area contributed by atoms with Crippen molar-refractivity contribution in [1.82, 2.24) is 4.98 Å². The third kappa shape index (κ3) is 3.85. The van der Waals surface area contributed by atoms with Crippen LogP contribution in [0.1, 0.15) is 5.01 Å². The van der Waals surface area contributed by atoms with Crippen molar-refractivity contribution < 1.29 is 9.15 Å². The van der Waals surface area contributed by atoms with Crippen LogP contribution < -0.4 is 15.8 Å². The van der Waals surface area contributed by atoms with Gasteiger partial charge in [0.25, 0.3) is 0 Å². The molecule has 0 amide bonds. The zero-order valence-electron chi connectivity index (χ0n) is 15.2. The van der Waals surface area contributed by atoms with E-state index < -0.39 is 5.63 Å². The summed E-state index contributed by atoms with van der Waals surface area (Å²) in [6.07, 6.45) is 0. The first kappa shape index (κ1) is 18.4. The molecule has 0 aliphatic carbocycles. The molecule has 1 N–H and O–H groups in total. The standard InChI is InChI=1S/C21H14N4O3S/c1-27-15-8-6-14(7-9-15)24-25-17(11-22)20-23-18(12-29-20)16-10-13-4-2-3-5-19(13)28-21(16)26/h2-10,12,24H,1H3/b25-17+. The Morgan fingerprint density at radius 3 is 2.79 bits per heavy atom. The van der Waals surface area contributed by atoms with Crippen molar-refractivity contribution in [3.8, 4) is 23.1 Å². The van der Waals surface area contributed by atoms with E-state index in [1.54, 1.807) is 55.0 Å². The maximum atomic E-state index is 12.3. The molecule has 0 aliphatic heterocycles. The molecule has 0 spiro atoms. The Hall–Kier alpha value is -3.96. The van der Waals surface area contributed by atoms with Gasteiger partial charge in [-0.3, -0.25) is 5.43 Å². The van der Waals surface area contributed by atoms with Crippen LogP contribution >= 0.6 is 11.3 Å². The van der Waals surface area contributed by atoms with Gasteiger partial charge in [-0.05, 0) is 36.4 Å². The second-order valence-corrected chi connectivity index (χ2v) is 6.79. The van der Waals surface area contributed by atoms with E-state index in [9.17, 15) is 10.1 Å². The Morgan fingerprint density at radius 2 is 2.03 bits per heavy atom. The molecule has 8 heteroatoms. The van der Waals surface area contributed by atoms with Gasteiger partial charge in [0.2, 0.25) is 0 Å². The highest BCUT2D eigenvalue weighted by Gasteiger charge is 2.14. The number of hydrogen-bond donors (Lipinski definition) is 1. The summed E-state index contributed by atoms with van der Waals surface area (Å²) in [6, 6.07) is 18.2. The van der Waals surface area contributed by atoms with Gasteiger partial charge >= 0.3 is 5.63 Å². The summed E-state index contributed by atoms with van der Waals surface area (Å²) < 4.78 is 10.5. The van der Waals surface area contributed by atoms with E-state index >= 15 is 0 Å². The lowest BCUT2D eigenvalue weighted by Crippen LogP contribution is -2.04. The number of methoxy groups -OCH3 is 1. The lowest BCUT2D eigenvalue weighted by atomic mass is 10.1. The molecule has 0 atom stereocenters. The van der Waals surface area contributed by atoms with E-state index in [4.69, 9.17) is 9.15 Å².